The van der Waals surface area contributed by atoms with Gasteiger partial charge < -0.3 is 4.74 Å². The molecule has 0 N–H and O–H groups in total. The Bertz CT molecular complexity index is 1060. The van der Waals surface area contributed by atoms with Crippen LogP contribution in [0.2, 0.25) is 0 Å². The minimum atomic E-state index is -0.0254. The number of hydrogen-bond acceptors (Lipinski definition) is 2. The SMILES string of the molecule is CCCCCCCCCCCCCCCCCCCCCCCCCCCCCCCCCCOC(=O)C(C)=C(CCCCCCCCCCCCCCCC)CCCCCCCCCCCCCCCCCC. The Hall–Kier alpha value is -0.790. The van der Waals surface area contributed by atoms with Crippen LogP contribution in [0, 0.1) is 0 Å². The Morgan fingerprint density at radius 2 is 0.365 bits per heavy atom. The molecule has 2 heteroatoms. The summed E-state index contributed by atoms with van der Waals surface area (Å²) in [4.78, 5) is 13.3. The van der Waals surface area contributed by atoms with E-state index >= 15 is 0 Å². The van der Waals surface area contributed by atoms with E-state index in [0.717, 1.165) is 24.8 Å². The predicted molar refractivity (Wildman–Crippen MR) is 336 cm³/mol. The molecular formula is C72H142O2. The molecule has 0 atom stereocenters. The summed E-state index contributed by atoms with van der Waals surface area (Å²) in [6.45, 7) is 9.61. The van der Waals surface area contributed by atoms with E-state index in [1.807, 2.05) is 0 Å². The Morgan fingerprint density at radius 1 is 0.216 bits per heavy atom. The lowest BCUT2D eigenvalue weighted by Crippen LogP contribution is -2.10. The normalized spacial score (nSPS) is 12.1. The Labute approximate surface area is 469 Å². The molecule has 0 saturated heterocycles. The van der Waals surface area contributed by atoms with E-state index in [4.69, 9.17) is 4.74 Å². The molecular weight excluding hydrogens is 897 g/mol. The van der Waals surface area contributed by atoms with Crippen LogP contribution in [-0.4, -0.2) is 12.6 Å². The van der Waals surface area contributed by atoms with Gasteiger partial charge in [0.05, 0.1) is 6.61 Å². The third-order valence-corrected chi connectivity index (χ3v) is 17.2. The van der Waals surface area contributed by atoms with Crippen molar-refractivity contribution in [2.24, 2.45) is 0 Å². The van der Waals surface area contributed by atoms with Crippen LogP contribution in [0.25, 0.3) is 0 Å². The van der Waals surface area contributed by atoms with Crippen molar-refractivity contribution in [2.75, 3.05) is 6.61 Å². The quantitative estimate of drug-likeness (QED) is 0.0345. The number of allylic oxidation sites excluding steroid dienone is 1. The molecule has 0 amide bonds. The maximum atomic E-state index is 13.3. The summed E-state index contributed by atoms with van der Waals surface area (Å²) >= 11 is 0. The highest BCUT2D eigenvalue weighted by Gasteiger charge is 2.13. The molecule has 0 aliphatic heterocycles. The summed E-state index contributed by atoms with van der Waals surface area (Å²) in [5.41, 5.74) is 2.35. The fraction of sp³-hybridized carbons (Fsp3) is 0.958. The highest BCUT2D eigenvalue weighted by molar-refractivity contribution is 5.88. The van der Waals surface area contributed by atoms with Crippen molar-refractivity contribution in [2.45, 2.75) is 439 Å². The first-order chi connectivity index (χ1) is 36.7. The molecule has 74 heavy (non-hydrogen) atoms. The van der Waals surface area contributed by atoms with Gasteiger partial charge in [0.25, 0.3) is 0 Å². The second-order valence-corrected chi connectivity index (χ2v) is 24.7. The van der Waals surface area contributed by atoms with Crippen molar-refractivity contribution in [1.29, 1.82) is 0 Å². The molecule has 0 unspecified atom stereocenters. The number of carbonyl (C=O) groups excluding carboxylic acids is 1. The number of hydrogen-bond donors (Lipinski definition) is 0. The summed E-state index contributed by atoms with van der Waals surface area (Å²) in [6.07, 6.45) is 89.9. The van der Waals surface area contributed by atoms with Crippen molar-refractivity contribution in [1.82, 2.24) is 0 Å². The van der Waals surface area contributed by atoms with Gasteiger partial charge in [-0.2, -0.15) is 0 Å². The summed E-state index contributed by atoms with van der Waals surface area (Å²) in [7, 11) is 0. The number of ether oxygens (including phenoxy) is 1. The monoisotopic (exact) mass is 1040 g/mol. The fourth-order valence-corrected chi connectivity index (χ4v) is 11.8. The van der Waals surface area contributed by atoms with E-state index in [-0.39, 0.29) is 5.97 Å². The first kappa shape index (κ1) is 73.2. The lowest BCUT2D eigenvalue weighted by molar-refractivity contribution is -0.139. The van der Waals surface area contributed by atoms with Crippen LogP contribution < -0.4 is 0 Å². The third kappa shape index (κ3) is 60.4. The molecule has 0 spiro atoms. The summed E-state index contributed by atoms with van der Waals surface area (Å²) in [5.74, 6) is -0.0254. The molecule has 0 rings (SSSR count). The zero-order valence-corrected chi connectivity index (χ0v) is 52.3. The summed E-state index contributed by atoms with van der Waals surface area (Å²) in [5, 5.41) is 0. The van der Waals surface area contributed by atoms with E-state index in [2.05, 4.69) is 27.7 Å². The van der Waals surface area contributed by atoms with Gasteiger partial charge in [-0.1, -0.05) is 405 Å². The first-order valence-corrected chi connectivity index (χ1v) is 35.5. The van der Waals surface area contributed by atoms with Crippen LogP contribution in [0.3, 0.4) is 0 Å². The van der Waals surface area contributed by atoms with Gasteiger partial charge in [-0.05, 0) is 39.0 Å². The average Bonchev–Trinajstić information content (AvgIpc) is 3.41. The summed E-state index contributed by atoms with van der Waals surface area (Å²) < 4.78 is 5.91. The minimum absolute atomic E-state index is 0.0254. The van der Waals surface area contributed by atoms with Gasteiger partial charge in [0, 0.05) is 5.57 Å². The number of esters is 1. The molecule has 0 saturated carbocycles. The fourth-order valence-electron chi connectivity index (χ4n) is 11.8. The minimum Gasteiger partial charge on any atom is -0.462 e. The largest absolute Gasteiger partial charge is 0.462 e. The van der Waals surface area contributed by atoms with Crippen LogP contribution in [0.4, 0.5) is 0 Å². The van der Waals surface area contributed by atoms with Gasteiger partial charge in [-0.15, -0.1) is 0 Å². The topological polar surface area (TPSA) is 26.3 Å². The van der Waals surface area contributed by atoms with Gasteiger partial charge in [-0.3, -0.25) is 0 Å². The second kappa shape index (κ2) is 66.5. The zero-order chi connectivity index (χ0) is 53.4. The zero-order valence-electron chi connectivity index (χ0n) is 52.3. The maximum Gasteiger partial charge on any atom is 0.333 e. The molecule has 0 aliphatic rings. The predicted octanol–water partition coefficient (Wildman–Crippen LogP) is 26.9. The molecule has 0 radical (unpaired) electrons. The van der Waals surface area contributed by atoms with Crippen LogP contribution in [0.1, 0.15) is 439 Å². The maximum absolute atomic E-state index is 13.3. The molecule has 0 aromatic heterocycles. The van der Waals surface area contributed by atoms with E-state index < -0.39 is 0 Å². The van der Waals surface area contributed by atoms with Gasteiger partial charge in [-0.25, -0.2) is 4.79 Å². The Balaban J connectivity index is 3.98. The lowest BCUT2D eigenvalue weighted by atomic mass is 9.95. The van der Waals surface area contributed by atoms with E-state index in [9.17, 15) is 4.79 Å². The molecule has 0 fully saturated rings. The van der Waals surface area contributed by atoms with Crippen molar-refractivity contribution in [3.05, 3.63) is 11.1 Å². The number of unbranched alkanes of at least 4 members (excludes halogenated alkanes) is 59. The average molecular weight is 1040 g/mol. The smallest absolute Gasteiger partial charge is 0.333 e. The van der Waals surface area contributed by atoms with Crippen LogP contribution in [0.5, 0.6) is 0 Å². The van der Waals surface area contributed by atoms with Crippen molar-refractivity contribution < 1.29 is 9.53 Å². The van der Waals surface area contributed by atoms with Crippen molar-refractivity contribution in [3.63, 3.8) is 0 Å². The van der Waals surface area contributed by atoms with Gasteiger partial charge in [0.15, 0.2) is 0 Å². The number of rotatable bonds is 66. The Morgan fingerprint density at radius 3 is 0.541 bits per heavy atom. The molecule has 0 aliphatic carbocycles. The first-order valence-electron chi connectivity index (χ1n) is 35.5. The van der Waals surface area contributed by atoms with Crippen molar-refractivity contribution >= 4 is 5.97 Å². The molecule has 0 bridgehead atoms. The van der Waals surface area contributed by atoms with Gasteiger partial charge >= 0.3 is 5.97 Å². The van der Waals surface area contributed by atoms with Crippen LogP contribution in [-0.2, 0) is 9.53 Å². The Kier molecular flexibility index (Phi) is 65.8. The molecule has 2 nitrogen and oxygen atoms in total. The molecule has 0 aromatic carbocycles. The van der Waals surface area contributed by atoms with Crippen LogP contribution in [0.15, 0.2) is 11.1 Å². The molecule has 442 valence electrons. The standard InChI is InChI=1S/C72H142O2/c1-5-8-11-14-17-20-23-26-29-31-32-33-34-35-36-37-38-39-40-41-42-43-44-45-46-48-51-54-57-60-63-66-69-74-72(73)70(4)71(67-64-61-58-55-52-49-28-25-22-19-16-13-10-7-3)68-65-62-59-56-53-50-47-30-27-24-21-18-15-12-9-6-2/h5-69H2,1-4H3. The van der Waals surface area contributed by atoms with Crippen molar-refractivity contribution in [3.8, 4) is 0 Å². The van der Waals surface area contributed by atoms with Gasteiger partial charge in [0.2, 0.25) is 0 Å². The highest BCUT2D eigenvalue weighted by atomic mass is 16.5. The van der Waals surface area contributed by atoms with Gasteiger partial charge in [0.1, 0.15) is 0 Å². The van der Waals surface area contributed by atoms with Crippen LogP contribution >= 0.6 is 0 Å². The lowest BCUT2D eigenvalue weighted by Gasteiger charge is -2.13. The third-order valence-electron chi connectivity index (χ3n) is 17.2. The highest BCUT2D eigenvalue weighted by Crippen LogP contribution is 2.24. The second-order valence-electron chi connectivity index (χ2n) is 24.7. The molecule has 0 heterocycles. The molecule has 0 aromatic rings. The number of carbonyl (C=O) groups is 1. The van der Waals surface area contributed by atoms with E-state index in [1.165, 1.54) is 397 Å². The van der Waals surface area contributed by atoms with E-state index in [1.54, 1.807) is 0 Å². The summed E-state index contributed by atoms with van der Waals surface area (Å²) in [6, 6.07) is 0. The van der Waals surface area contributed by atoms with E-state index in [0.29, 0.717) is 6.61 Å².